The molecule has 0 bridgehead atoms. The summed E-state index contributed by atoms with van der Waals surface area (Å²) in [6, 6.07) is 1.62. The number of rotatable bonds is 8. The minimum absolute atomic E-state index is 0.130. The van der Waals surface area contributed by atoms with Gasteiger partial charge in [-0.1, -0.05) is 0 Å². The van der Waals surface area contributed by atoms with E-state index in [-0.39, 0.29) is 6.61 Å². The molecule has 1 aromatic heterocycles. The van der Waals surface area contributed by atoms with E-state index in [1.54, 1.807) is 21.1 Å². The van der Waals surface area contributed by atoms with E-state index in [9.17, 15) is 13.5 Å². The van der Waals surface area contributed by atoms with Crippen molar-refractivity contribution in [3.8, 4) is 0 Å². The third-order valence-corrected chi connectivity index (χ3v) is 6.22. The van der Waals surface area contributed by atoms with Gasteiger partial charge in [-0.2, -0.15) is 4.31 Å². The van der Waals surface area contributed by atoms with Crippen molar-refractivity contribution in [3.63, 3.8) is 0 Å². The number of aliphatic hydroxyl groups is 1. The third-order valence-electron chi connectivity index (χ3n) is 4.42. The molecule has 3 rings (SSSR count). The Hall–Kier alpha value is -0.850. The van der Waals surface area contributed by atoms with Gasteiger partial charge >= 0.3 is 0 Å². The Morgan fingerprint density at radius 1 is 1.24 bits per heavy atom. The molecule has 1 aromatic rings. The lowest BCUT2D eigenvalue weighted by atomic mass is 10.4. The summed E-state index contributed by atoms with van der Waals surface area (Å²) in [5.41, 5.74) is 0.661. The molecule has 0 aromatic carbocycles. The monoisotopic (exact) mass is 312 g/mol. The Bertz CT molecular complexity index is 565. The molecule has 0 atom stereocenters. The first-order valence-corrected chi connectivity index (χ1v) is 9.28. The molecule has 0 spiro atoms. The molecular weight excluding hydrogens is 288 g/mol. The molecule has 2 saturated carbocycles. The molecular formula is C15H24N2O3S. The Labute approximate surface area is 126 Å². The summed E-state index contributed by atoms with van der Waals surface area (Å²) in [7, 11) is -3.43. The molecule has 0 amide bonds. The van der Waals surface area contributed by atoms with Crippen LogP contribution in [0.25, 0.3) is 0 Å². The zero-order valence-electron chi connectivity index (χ0n) is 12.5. The van der Waals surface area contributed by atoms with Crippen molar-refractivity contribution in [2.75, 3.05) is 13.1 Å². The zero-order valence-corrected chi connectivity index (χ0v) is 13.3. The smallest absolute Gasteiger partial charge is 0.244 e. The number of hydrogen-bond donors (Lipinski definition) is 1. The average molecular weight is 312 g/mol. The molecule has 2 aliphatic carbocycles. The fourth-order valence-corrected chi connectivity index (χ4v) is 4.35. The van der Waals surface area contributed by atoms with Crippen LogP contribution in [0.15, 0.2) is 17.2 Å². The van der Waals surface area contributed by atoms with Gasteiger partial charge in [0.25, 0.3) is 0 Å². The Balaban J connectivity index is 1.85. The van der Waals surface area contributed by atoms with Gasteiger partial charge in [0.15, 0.2) is 0 Å². The lowest BCUT2D eigenvalue weighted by Gasteiger charge is -2.21. The number of aliphatic hydroxyl groups excluding tert-OH is 1. The first-order valence-electron chi connectivity index (χ1n) is 7.84. The number of aromatic nitrogens is 1. The molecule has 0 aliphatic heterocycles. The van der Waals surface area contributed by atoms with Crippen LogP contribution in [0, 0.1) is 11.8 Å². The van der Waals surface area contributed by atoms with Gasteiger partial charge in [0.2, 0.25) is 10.0 Å². The van der Waals surface area contributed by atoms with E-state index in [2.05, 4.69) is 0 Å². The second-order valence-corrected chi connectivity index (χ2v) is 8.26. The molecule has 0 radical (unpaired) electrons. The minimum Gasteiger partial charge on any atom is -0.390 e. The van der Waals surface area contributed by atoms with Crippen LogP contribution in [-0.2, 0) is 23.2 Å². The summed E-state index contributed by atoms with van der Waals surface area (Å²) in [6.45, 7) is 3.79. The normalized spacial score (nSPS) is 19.4. The van der Waals surface area contributed by atoms with E-state index in [0.717, 1.165) is 25.7 Å². The predicted octanol–water partition coefficient (Wildman–Crippen LogP) is 1.81. The van der Waals surface area contributed by atoms with Gasteiger partial charge in [-0.05, 0) is 50.5 Å². The maximum Gasteiger partial charge on any atom is 0.244 e. The highest BCUT2D eigenvalue weighted by atomic mass is 32.2. The van der Waals surface area contributed by atoms with Crippen LogP contribution in [-0.4, -0.2) is 35.5 Å². The maximum absolute atomic E-state index is 12.9. The van der Waals surface area contributed by atoms with Crippen molar-refractivity contribution in [1.29, 1.82) is 0 Å². The van der Waals surface area contributed by atoms with Crippen LogP contribution in [0.2, 0.25) is 0 Å². The van der Waals surface area contributed by atoms with E-state index in [1.807, 2.05) is 6.92 Å². The highest BCUT2D eigenvalue weighted by Gasteiger charge is 2.36. The Morgan fingerprint density at radius 3 is 2.19 bits per heavy atom. The largest absolute Gasteiger partial charge is 0.390 e. The summed E-state index contributed by atoms with van der Waals surface area (Å²) in [5, 5.41) is 9.35. The standard InChI is InChI=1S/C15H24N2O3S/c1-2-16-10-15(7-14(16)11-18)21(19,20)17(8-12-3-4-12)9-13-5-6-13/h7,10,12-13,18H,2-6,8-9,11H2,1H3. The lowest BCUT2D eigenvalue weighted by molar-refractivity contribution is 0.271. The fraction of sp³-hybridized carbons (Fsp3) is 0.733. The molecule has 2 aliphatic rings. The maximum atomic E-state index is 12.9. The molecule has 21 heavy (non-hydrogen) atoms. The summed E-state index contributed by atoms with van der Waals surface area (Å²) in [5.74, 6) is 1.09. The van der Waals surface area contributed by atoms with Crippen LogP contribution in [0.5, 0.6) is 0 Å². The molecule has 0 saturated heterocycles. The number of aryl methyl sites for hydroxylation is 1. The van der Waals surface area contributed by atoms with Crippen molar-refractivity contribution in [1.82, 2.24) is 8.87 Å². The predicted molar refractivity (Wildman–Crippen MR) is 80.2 cm³/mol. The van der Waals surface area contributed by atoms with Crippen LogP contribution < -0.4 is 0 Å². The Kier molecular flexibility index (Phi) is 4.12. The molecule has 1 heterocycles. The van der Waals surface area contributed by atoms with Gasteiger partial charge < -0.3 is 9.67 Å². The van der Waals surface area contributed by atoms with E-state index < -0.39 is 10.0 Å². The fourth-order valence-electron chi connectivity index (χ4n) is 2.69. The van der Waals surface area contributed by atoms with Crippen LogP contribution in [0.3, 0.4) is 0 Å². The van der Waals surface area contributed by atoms with E-state index in [4.69, 9.17) is 0 Å². The van der Waals surface area contributed by atoms with Crippen LogP contribution in [0.4, 0.5) is 0 Å². The summed E-state index contributed by atoms with van der Waals surface area (Å²) >= 11 is 0. The Morgan fingerprint density at radius 2 is 1.81 bits per heavy atom. The average Bonchev–Trinajstić information content (AvgIpc) is 3.38. The molecule has 1 N–H and O–H groups in total. The molecule has 2 fully saturated rings. The number of sulfonamides is 1. The first-order chi connectivity index (χ1) is 10.0. The van der Waals surface area contributed by atoms with Crippen molar-refractivity contribution in [3.05, 3.63) is 18.0 Å². The van der Waals surface area contributed by atoms with Gasteiger partial charge in [-0.15, -0.1) is 0 Å². The highest BCUT2D eigenvalue weighted by Crippen LogP contribution is 2.36. The molecule has 118 valence electrons. The van der Waals surface area contributed by atoms with Gasteiger partial charge in [-0.3, -0.25) is 0 Å². The van der Waals surface area contributed by atoms with Gasteiger partial charge in [-0.25, -0.2) is 8.42 Å². The molecule has 5 nitrogen and oxygen atoms in total. The van der Waals surface area contributed by atoms with Gasteiger partial charge in [0, 0.05) is 31.5 Å². The van der Waals surface area contributed by atoms with Crippen LogP contribution in [0.1, 0.15) is 38.3 Å². The SMILES string of the molecule is CCn1cc(S(=O)(=O)N(CC2CC2)CC2CC2)cc1CO. The second kappa shape index (κ2) is 5.74. The second-order valence-electron chi connectivity index (χ2n) is 6.32. The van der Waals surface area contributed by atoms with Crippen molar-refractivity contribution in [2.24, 2.45) is 11.8 Å². The van der Waals surface area contributed by atoms with Gasteiger partial charge in [0.1, 0.15) is 4.90 Å². The van der Waals surface area contributed by atoms with Crippen LogP contribution >= 0.6 is 0 Å². The highest BCUT2D eigenvalue weighted by molar-refractivity contribution is 7.89. The molecule has 6 heteroatoms. The summed E-state index contributed by atoms with van der Waals surface area (Å²) in [6.07, 6.45) is 6.25. The quantitative estimate of drug-likeness (QED) is 0.796. The van der Waals surface area contributed by atoms with Crippen molar-refractivity contribution >= 4 is 10.0 Å². The topological polar surface area (TPSA) is 62.5 Å². The number of hydrogen-bond acceptors (Lipinski definition) is 3. The number of nitrogens with zero attached hydrogens (tertiary/aromatic N) is 2. The van der Waals surface area contributed by atoms with Crippen molar-refractivity contribution in [2.45, 2.75) is 50.7 Å². The third kappa shape index (κ3) is 3.33. The van der Waals surface area contributed by atoms with E-state index in [1.165, 1.54) is 0 Å². The first kappa shape index (κ1) is 15.1. The lowest BCUT2D eigenvalue weighted by Crippen LogP contribution is -2.34. The van der Waals surface area contributed by atoms with Crippen molar-refractivity contribution < 1.29 is 13.5 Å². The van der Waals surface area contributed by atoms with E-state index >= 15 is 0 Å². The zero-order chi connectivity index (χ0) is 15.0. The van der Waals surface area contributed by atoms with Gasteiger partial charge in [0.05, 0.1) is 6.61 Å². The summed E-state index contributed by atoms with van der Waals surface area (Å²) < 4.78 is 29.3. The molecule has 0 unspecified atom stereocenters. The summed E-state index contributed by atoms with van der Waals surface area (Å²) in [4.78, 5) is 0.328. The van der Waals surface area contributed by atoms with E-state index in [0.29, 0.717) is 42.1 Å². The minimum atomic E-state index is -3.43.